The average molecular weight is 340 g/mol. The van der Waals surface area contributed by atoms with Gasteiger partial charge in [-0.3, -0.25) is 9.59 Å². The molecule has 0 aliphatic heterocycles. The third kappa shape index (κ3) is 6.30. The Morgan fingerprint density at radius 3 is 2.28 bits per heavy atom. The SMILES string of the molecule is Cc1cccc(C)c1NC(=O)CNC(=O)CCCOc1ccccc1. The Hall–Kier alpha value is -2.82. The number of carbonyl (C=O) groups is 2. The Balaban J connectivity index is 1.65. The van der Waals surface area contributed by atoms with Crippen molar-refractivity contribution in [1.29, 1.82) is 0 Å². The highest BCUT2D eigenvalue weighted by molar-refractivity contribution is 5.95. The molecular formula is C20H24N2O3. The van der Waals surface area contributed by atoms with Gasteiger partial charge in [0.1, 0.15) is 5.75 Å². The minimum atomic E-state index is -0.230. The van der Waals surface area contributed by atoms with Gasteiger partial charge < -0.3 is 15.4 Å². The van der Waals surface area contributed by atoms with Crippen LogP contribution in [-0.4, -0.2) is 25.0 Å². The summed E-state index contributed by atoms with van der Waals surface area (Å²) in [6.07, 6.45) is 0.919. The van der Waals surface area contributed by atoms with Crippen LogP contribution in [0, 0.1) is 13.8 Å². The summed E-state index contributed by atoms with van der Waals surface area (Å²) < 4.78 is 5.53. The molecule has 2 amide bonds. The maximum atomic E-state index is 12.0. The van der Waals surface area contributed by atoms with Crippen molar-refractivity contribution in [2.24, 2.45) is 0 Å². The minimum absolute atomic E-state index is 0.0356. The van der Waals surface area contributed by atoms with Crippen molar-refractivity contribution in [3.8, 4) is 5.75 Å². The Kier molecular flexibility index (Phi) is 7.01. The normalized spacial score (nSPS) is 10.2. The van der Waals surface area contributed by atoms with Crippen molar-refractivity contribution in [3.63, 3.8) is 0 Å². The van der Waals surface area contributed by atoms with Crippen LogP contribution in [0.25, 0.3) is 0 Å². The monoisotopic (exact) mass is 340 g/mol. The van der Waals surface area contributed by atoms with Crippen molar-refractivity contribution >= 4 is 17.5 Å². The molecular weight excluding hydrogens is 316 g/mol. The van der Waals surface area contributed by atoms with E-state index in [1.807, 2.05) is 62.4 Å². The number of carbonyl (C=O) groups excluding carboxylic acids is 2. The Bertz CT molecular complexity index is 694. The minimum Gasteiger partial charge on any atom is -0.494 e. The fourth-order valence-electron chi connectivity index (χ4n) is 2.40. The molecule has 0 atom stereocenters. The zero-order valence-electron chi connectivity index (χ0n) is 14.7. The first kappa shape index (κ1) is 18.5. The molecule has 0 aromatic heterocycles. The van der Waals surface area contributed by atoms with E-state index in [4.69, 9.17) is 4.74 Å². The second-order valence-electron chi connectivity index (χ2n) is 5.86. The molecule has 25 heavy (non-hydrogen) atoms. The predicted octanol–water partition coefficient (Wildman–Crippen LogP) is 3.22. The molecule has 2 rings (SSSR count). The molecule has 0 fully saturated rings. The molecule has 0 spiro atoms. The van der Waals surface area contributed by atoms with Gasteiger partial charge in [0.25, 0.3) is 0 Å². The molecule has 0 heterocycles. The molecule has 132 valence electrons. The summed E-state index contributed by atoms with van der Waals surface area (Å²) in [7, 11) is 0. The fourth-order valence-corrected chi connectivity index (χ4v) is 2.40. The lowest BCUT2D eigenvalue weighted by molar-refractivity contribution is -0.124. The molecule has 0 aliphatic carbocycles. The van der Waals surface area contributed by atoms with Gasteiger partial charge in [-0.05, 0) is 43.5 Å². The number of aryl methyl sites for hydroxylation is 2. The first-order chi connectivity index (χ1) is 12.1. The van der Waals surface area contributed by atoms with Gasteiger partial charge in [-0.15, -0.1) is 0 Å². The number of benzene rings is 2. The van der Waals surface area contributed by atoms with Gasteiger partial charge >= 0.3 is 0 Å². The number of rotatable bonds is 8. The van der Waals surface area contributed by atoms with E-state index in [-0.39, 0.29) is 18.4 Å². The van der Waals surface area contributed by atoms with Crippen molar-refractivity contribution in [3.05, 3.63) is 59.7 Å². The molecule has 0 saturated carbocycles. The largest absolute Gasteiger partial charge is 0.494 e. The molecule has 0 saturated heterocycles. The topological polar surface area (TPSA) is 67.4 Å². The summed E-state index contributed by atoms with van der Waals surface area (Å²) in [6.45, 7) is 4.31. The number of nitrogens with one attached hydrogen (secondary N) is 2. The van der Waals surface area contributed by atoms with Crippen LogP contribution in [0.3, 0.4) is 0 Å². The van der Waals surface area contributed by atoms with E-state index in [0.29, 0.717) is 19.4 Å². The van der Waals surface area contributed by atoms with Crippen LogP contribution in [-0.2, 0) is 9.59 Å². The van der Waals surface area contributed by atoms with Gasteiger partial charge in [0.15, 0.2) is 0 Å². The first-order valence-corrected chi connectivity index (χ1v) is 8.37. The van der Waals surface area contributed by atoms with Crippen LogP contribution in [0.2, 0.25) is 0 Å². The number of anilines is 1. The number of amides is 2. The van der Waals surface area contributed by atoms with E-state index >= 15 is 0 Å². The quantitative estimate of drug-likeness (QED) is 0.725. The third-order valence-corrected chi connectivity index (χ3v) is 3.75. The van der Waals surface area contributed by atoms with Crippen LogP contribution in [0.15, 0.2) is 48.5 Å². The zero-order valence-corrected chi connectivity index (χ0v) is 14.7. The van der Waals surface area contributed by atoms with Crippen LogP contribution < -0.4 is 15.4 Å². The smallest absolute Gasteiger partial charge is 0.243 e. The van der Waals surface area contributed by atoms with E-state index in [0.717, 1.165) is 22.6 Å². The van der Waals surface area contributed by atoms with Crippen LogP contribution in [0.1, 0.15) is 24.0 Å². The maximum Gasteiger partial charge on any atom is 0.243 e. The number of para-hydroxylation sites is 2. The zero-order chi connectivity index (χ0) is 18.1. The number of hydrogen-bond acceptors (Lipinski definition) is 3. The lowest BCUT2D eigenvalue weighted by Crippen LogP contribution is -2.33. The second-order valence-corrected chi connectivity index (χ2v) is 5.86. The molecule has 0 bridgehead atoms. The highest BCUT2D eigenvalue weighted by Gasteiger charge is 2.09. The fraction of sp³-hybridized carbons (Fsp3) is 0.300. The van der Waals surface area contributed by atoms with Gasteiger partial charge in [0, 0.05) is 12.1 Å². The summed E-state index contributed by atoms with van der Waals surface area (Å²) in [6, 6.07) is 15.3. The van der Waals surface area contributed by atoms with Gasteiger partial charge in [0.2, 0.25) is 11.8 Å². The Morgan fingerprint density at radius 2 is 1.60 bits per heavy atom. The van der Waals surface area contributed by atoms with Crippen LogP contribution >= 0.6 is 0 Å². The van der Waals surface area contributed by atoms with E-state index in [1.54, 1.807) is 0 Å². The van der Waals surface area contributed by atoms with E-state index < -0.39 is 0 Å². The second kappa shape index (κ2) is 9.47. The van der Waals surface area contributed by atoms with Crippen molar-refractivity contribution in [2.75, 3.05) is 18.5 Å². The van der Waals surface area contributed by atoms with E-state index in [9.17, 15) is 9.59 Å². The highest BCUT2D eigenvalue weighted by atomic mass is 16.5. The Labute approximate surface area is 148 Å². The maximum absolute atomic E-state index is 12.0. The average Bonchev–Trinajstić information content (AvgIpc) is 2.61. The van der Waals surface area contributed by atoms with Crippen molar-refractivity contribution < 1.29 is 14.3 Å². The summed E-state index contributed by atoms with van der Waals surface area (Å²) in [5, 5.41) is 5.48. The standard InChI is InChI=1S/C20H24N2O3/c1-15-8-6-9-16(2)20(15)22-19(24)14-21-18(23)12-7-13-25-17-10-4-3-5-11-17/h3-6,8-11H,7,12-14H2,1-2H3,(H,21,23)(H,22,24). The summed E-state index contributed by atoms with van der Waals surface area (Å²) in [5.74, 6) is 0.399. The molecule has 5 heteroatoms. The van der Waals surface area contributed by atoms with Gasteiger partial charge in [-0.1, -0.05) is 36.4 Å². The summed E-state index contributed by atoms with van der Waals surface area (Å²) in [5.41, 5.74) is 2.80. The van der Waals surface area contributed by atoms with Crippen LogP contribution in [0.5, 0.6) is 5.75 Å². The molecule has 5 nitrogen and oxygen atoms in total. The summed E-state index contributed by atoms with van der Waals surface area (Å²) >= 11 is 0. The number of hydrogen-bond donors (Lipinski definition) is 2. The van der Waals surface area contributed by atoms with Gasteiger partial charge in [-0.2, -0.15) is 0 Å². The lowest BCUT2D eigenvalue weighted by atomic mass is 10.1. The lowest BCUT2D eigenvalue weighted by Gasteiger charge is -2.12. The third-order valence-electron chi connectivity index (χ3n) is 3.75. The predicted molar refractivity (Wildman–Crippen MR) is 98.7 cm³/mol. The van der Waals surface area contributed by atoms with Crippen molar-refractivity contribution in [1.82, 2.24) is 5.32 Å². The number of ether oxygens (including phenoxy) is 1. The first-order valence-electron chi connectivity index (χ1n) is 8.37. The van der Waals surface area contributed by atoms with E-state index in [1.165, 1.54) is 0 Å². The molecule has 2 aromatic rings. The molecule has 2 N–H and O–H groups in total. The molecule has 2 aromatic carbocycles. The highest BCUT2D eigenvalue weighted by Crippen LogP contribution is 2.18. The van der Waals surface area contributed by atoms with Crippen LogP contribution in [0.4, 0.5) is 5.69 Å². The molecule has 0 unspecified atom stereocenters. The van der Waals surface area contributed by atoms with Gasteiger partial charge in [0.05, 0.1) is 13.2 Å². The van der Waals surface area contributed by atoms with Crippen molar-refractivity contribution in [2.45, 2.75) is 26.7 Å². The Morgan fingerprint density at radius 1 is 0.920 bits per heavy atom. The molecule has 0 aliphatic rings. The summed E-state index contributed by atoms with van der Waals surface area (Å²) in [4.78, 5) is 23.8. The molecule has 0 radical (unpaired) electrons. The van der Waals surface area contributed by atoms with E-state index in [2.05, 4.69) is 10.6 Å². The van der Waals surface area contributed by atoms with Gasteiger partial charge in [-0.25, -0.2) is 0 Å².